The van der Waals surface area contributed by atoms with Crippen LogP contribution in [0.1, 0.15) is 18.2 Å². The lowest BCUT2D eigenvalue weighted by molar-refractivity contribution is 0.456. The Hall–Kier alpha value is -1.94. The molecule has 94 valence electrons. The molecule has 1 aromatic heterocycles. The van der Waals surface area contributed by atoms with Crippen LogP contribution in [0.4, 0.5) is 0 Å². The molecule has 0 fully saturated rings. The van der Waals surface area contributed by atoms with Gasteiger partial charge in [-0.3, -0.25) is 4.98 Å². The second-order valence-electron chi connectivity index (χ2n) is 4.05. The van der Waals surface area contributed by atoms with Crippen LogP contribution < -0.4 is 10.1 Å². The van der Waals surface area contributed by atoms with Crippen LogP contribution in [0.3, 0.4) is 0 Å². The fourth-order valence-electron chi connectivity index (χ4n) is 1.57. The lowest BCUT2D eigenvalue weighted by Gasteiger charge is -2.06. The van der Waals surface area contributed by atoms with E-state index in [2.05, 4.69) is 22.2 Å². The average molecular weight is 243 g/mol. The quantitative estimate of drug-likeness (QED) is 0.877. The van der Waals surface area contributed by atoms with Crippen LogP contribution >= 0.6 is 0 Å². The molecule has 0 amide bonds. The van der Waals surface area contributed by atoms with Gasteiger partial charge in [-0.05, 0) is 31.2 Å². The molecule has 0 bridgehead atoms. The first kappa shape index (κ1) is 12.5. The van der Waals surface area contributed by atoms with E-state index in [-0.39, 0.29) is 0 Å². The number of benzene rings is 1. The highest BCUT2D eigenvalue weighted by Gasteiger charge is 2.01. The van der Waals surface area contributed by atoms with Crippen LogP contribution in [-0.4, -0.2) is 16.5 Å². The van der Waals surface area contributed by atoms with Gasteiger partial charge >= 0.3 is 0 Å². The van der Waals surface area contributed by atoms with E-state index in [1.54, 1.807) is 12.4 Å². The first-order valence-corrected chi connectivity index (χ1v) is 6.04. The number of ether oxygens (including phenoxy) is 1. The van der Waals surface area contributed by atoms with Crippen molar-refractivity contribution in [3.05, 3.63) is 47.9 Å². The van der Waals surface area contributed by atoms with E-state index in [0.29, 0.717) is 12.4 Å². The molecular formula is C14H17N3O. The maximum atomic E-state index is 5.68. The average Bonchev–Trinajstić information content (AvgIpc) is 2.37. The fraction of sp³-hybridized carbons (Fsp3) is 0.286. The van der Waals surface area contributed by atoms with Gasteiger partial charge in [0, 0.05) is 12.7 Å². The van der Waals surface area contributed by atoms with Crippen LogP contribution in [0.2, 0.25) is 0 Å². The van der Waals surface area contributed by atoms with Gasteiger partial charge in [-0.25, -0.2) is 4.98 Å². The van der Waals surface area contributed by atoms with E-state index in [4.69, 9.17) is 4.74 Å². The van der Waals surface area contributed by atoms with Crippen LogP contribution in [0, 0.1) is 6.92 Å². The highest BCUT2D eigenvalue weighted by Crippen LogP contribution is 2.19. The van der Waals surface area contributed by atoms with E-state index < -0.39 is 0 Å². The van der Waals surface area contributed by atoms with E-state index in [0.717, 1.165) is 23.6 Å². The number of hydrogen-bond donors (Lipinski definition) is 1. The molecule has 4 nitrogen and oxygen atoms in total. The largest absolute Gasteiger partial charge is 0.437 e. The number of nitrogens with one attached hydrogen (secondary N) is 1. The minimum absolute atomic E-state index is 0.524. The molecule has 0 aliphatic rings. The predicted molar refractivity (Wildman–Crippen MR) is 70.7 cm³/mol. The van der Waals surface area contributed by atoms with Gasteiger partial charge in [-0.2, -0.15) is 0 Å². The zero-order valence-electron chi connectivity index (χ0n) is 10.7. The Bertz CT molecular complexity index is 514. The number of nitrogens with zero attached hydrogens (tertiary/aromatic N) is 2. The summed E-state index contributed by atoms with van der Waals surface area (Å²) in [5.41, 5.74) is 2.03. The van der Waals surface area contributed by atoms with Crippen molar-refractivity contribution in [1.29, 1.82) is 0 Å². The maximum absolute atomic E-state index is 5.68. The summed E-state index contributed by atoms with van der Waals surface area (Å²) in [7, 11) is 0. The van der Waals surface area contributed by atoms with Gasteiger partial charge in [0.15, 0.2) is 0 Å². The van der Waals surface area contributed by atoms with Crippen LogP contribution in [-0.2, 0) is 6.54 Å². The van der Waals surface area contributed by atoms with Crippen LogP contribution in [0.5, 0.6) is 11.6 Å². The fourth-order valence-corrected chi connectivity index (χ4v) is 1.57. The maximum Gasteiger partial charge on any atom is 0.238 e. The van der Waals surface area contributed by atoms with Gasteiger partial charge in [0.05, 0.1) is 11.9 Å². The lowest BCUT2D eigenvalue weighted by Crippen LogP contribution is -2.13. The molecule has 0 aliphatic heterocycles. The minimum atomic E-state index is 0.524. The highest BCUT2D eigenvalue weighted by atomic mass is 16.5. The number of hydrogen-bond acceptors (Lipinski definition) is 4. The molecule has 1 aromatic carbocycles. The Labute approximate surface area is 107 Å². The molecule has 2 rings (SSSR count). The van der Waals surface area contributed by atoms with Gasteiger partial charge in [-0.15, -0.1) is 0 Å². The Kier molecular flexibility index (Phi) is 4.25. The van der Waals surface area contributed by atoms with Gasteiger partial charge < -0.3 is 10.1 Å². The first-order valence-electron chi connectivity index (χ1n) is 6.04. The summed E-state index contributed by atoms with van der Waals surface area (Å²) in [6.07, 6.45) is 3.36. The van der Waals surface area contributed by atoms with E-state index in [9.17, 15) is 0 Å². The number of aromatic nitrogens is 2. The smallest absolute Gasteiger partial charge is 0.238 e. The van der Waals surface area contributed by atoms with E-state index in [1.165, 1.54) is 0 Å². The highest BCUT2D eigenvalue weighted by molar-refractivity contribution is 5.30. The molecule has 0 atom stereocenters. The van der Waals surface area contributed by atoms with Crippen molar-refractivity contribution in [2.75, 3.05) is 6.54 Å². The molecular weight excluding hydrogens is 226 g/mol. The summed E-state index contributed by atoms with van der Waals surface area (Å²) in [5, 5.41) is 3.21. The third kappa shape index (κ3) is 3.53. The predicted octanol–water partition coefficient (Wildman–Crippen LogP) is 2.69. The van der Waals surface area contributed by atoms with Gasteiger partial charge in [-0.1, -0.05) is 19.1 Å². The van der Waals surface area contributed by atoms with E-state index in [1.807, 2.05) is 31.2 Å². The van der Waals surface area contributed by atoms with Crippen molar-refractivity contribution in [3.8, 4) is 11.6 Å². The van der Waals surface area contributed by atoms with Crippen molar-refractivity contribution in [1.82, 2.24) is 15.3 Å². The number of rotatable bonds is 5. The summed E-state index contributed by atoms with van der Waals surface area (Å²) < 4.78 is 5.68. The molecule has 0 saturated heterocycles. The van der Waals surface area contributed by atoms with Gasteiger partial charge in [0.25, 0.3) is 0 Å². The molecule has 0 spiro atoms. The molecule has 1 N–H and O–H groups in total. The summed E-state index contributed by atoms with van der Waals surface area (Å²) in [4.78, 5) is 8.52. The molecule has 0 unspecified atom stereocenters. The zero-order valence-corrected chi connectivity index (χ0v) is 10.7. The third-order valence-corrected chi connectivity index (χ3v) is 2.43. The SMILES string of the molecule is CCNCc1cncc(Oc2cccc(C)c2)n1. The third-order valence-electron chi connectivity index (χ3n) is 2.43. The molecule has 0 aliphatic carbocycles. The Morgan fingerprint density at radius 3 is 2.94 bits per heavy atom. The van der Waals surface area contributed by atoms with Crippen molar-refractivity contribution >= 4 is 0 Å². The summed E-state index contributed by atoms with van der Waals surface area (Å²) in [6.45, 7) is 5.69. The van der Waals surface area contributed by atoms with Crippen LogP contribution in [0.15, 0.2) is 36.7 Å². The monoisotopic (exact) mass is 243 g/mol. The van der Waals surface area contributed by atoms with E-state index >= 15 is 0 Å². The molecule has 0 saturated carbocycles. The number of aryl methyl sites for hydroxylation is 1. The zero-order chi connectivity index (χ0) is 12.8. The molecule has 18 heavy (non-hydrogen) atoms. The summed E-state index contributed by atoms with van der Waals surface area (Å²) in [6, 6.07) is 7.87. The minimum Gasteiger partial charge on any atom is -0.437 e. The molecule has 4 heteroatoms. The van der Waals surface area contributed by atoms with Gasteiger partial charge in [0.2, 0.25) is 5.88 Å². The standard InChI is InChI=1S/C14H17N3O/c1-3-15-8-12-9-16-10-14(17-12)18-13-6-4-5-11(2)7-13/h4-7,9-10,15H,3,8H2,1-2H3. The molecule has 1 heterocycles. The van der Waals surface area contributed by atoms with Crippen molar-refractivity contribution in [3.63, 3.8) is 0 Å². The Morgan fingerprint density at radius 2 is 2.17 bits per heavy atom. The Morgan fingerprint density at radius 1 is 1.28 bits per heavy atom. The molecule has 2 aromatic rings. The van der Waals surface area contributed by atoms with Crippen molar-refractivity contribution in [2.45, 2.75) is 20.4 Å². The summed E-state index contributed by atoms with van der Waals surface area (Å²) in [5.74, 6) is 1.31. The van der Waals surface area contributed by atoms with Gasteiger partial charge in [0.1, 0.15) is 5.75 Å². The molecule has 0 radical (unpaired) electrons. The van der Waals surface area contributed by atoms with Crippen LogP contribution in [0.25, 0.3) is 0 Å². The van der Waals surface area contributed by atoms with Crippen molar-refractivity contribution < 1.29 is 4.74 Å². The second-order valence-corrected chi connectivity index (χ2v) is 4.05. The normalized spacial score (nSPS) is 10.3. The summed E-state index contributed by atoms with van der Waals surface area (Å²) >= 11 is 0. The topological polar surface area (TPSA) is 47.0 Å². The first-order chi connectivity index (χ1) is 8.78. The van der Waals surface area contributed by atoms with Crippen molar-refractivity contribution in [2.24, 2.45) is 0 Å². The second kappa shape index (κ2) is 6.12. The lowest BCUT2D eigenvalue weighted by atomic mass is 10.2. The Balaban J connectivity index is 2.09.